The fourth-order valence-corrected chi connectivity index (χ4v) is 2.21. The number of amides is 3. The van der Waals surface area contributed by atoms with Crippen molar-refractivity contribution < 1.29 is 14.4 Å². The Kier molecular flexibility index (Phi) is 12.9. The molecule has 0 aliphatic carbocycles. The molecule has 0 aliphatic heterocycles. The van der Waals surface area contributed by atoms with Crippen molar-refractivity contribution in [3.63, 3.8) is 0 Å². The maximum absolute atomic E-state index is 11.4. The van der Waals surface area contributed by atoms with Gasteiger partial charge in [0.2, 0.25) is 17.7 Å². The zero-order valence-corrected chi connectivity index (χ0v) is 13.4. The molecular formula is C13H26N4O3S. The van der Waals surface area contributed by atoms with Gasteiger partial charge in [0.25, 0.3) is 0 Å². The van der Waals surface area contributed by atoms with Gasteiger partial charge in [0.15, 0.2) is 0 Å². The van der Waals surface area contributed by atoms with Gasteiger partial charge in [0.1, 0.15) is 0 Å². The Morgan fingerprint density at radius 1 is 0.905 bits per heavy atom. The number of unbranched alkanes of at least 4 members (excludes halogenated alkanes) is 3. The zero-order chi connectivity index (χ0) is 15.9. The van der Waals surface area contributed by atoms with E-state index in [1.807, 2.05) is 0 Å². The minimum Gasteiger partial charge on any atom is -0.346 e. The largest absolute Gasteiger partial charge is 0.346 e. The van der Waals surface area contributed by atoms with Gasteiger partial charge in [-0.05, 0) is 12.2 Å². The van der Waals surface area contributed by atoms with Crippen LogP contribution in [0.2, 0.25) is 0 Å². The van der Waals surface area contributed by atoms with Gasteiger partial charge >= 0.3 is 0 Å². The fraction of sp³-hybridized carbons (Fsp3) is 0.769. The molecular weight excluding hydrogens is 292 g/mol. The second kappa shape index (κ2) is 13.7. The van der Waals surface area contributed by atoms with E-state index in [0.29, 0.717) is 5.88 Å². The highest BCUT2D eigenvalue weighted by Gasteiger charge is 2.06. The van der Waals surface area contributed by atoms with Crippen molar-refractivity contribution in [2.45, 2.75) is 32.6 Å². The average Bonchev–Trinajstić information content (AvgIpc) is 2.49. The maximum atomic E-state index is 11.4. The smallest absolute Gasteiger partial charge is 0.240 e. The molecule has 21 heavy (non-hydrogen) atoms. The van der Waals surface area contributed by atoms with E-state index in [4.69, 9.17) is 5.73 Å². The number of nitrogens with one attached hydrogen (secondary N) is 3. The van der Waals surface area contributed by atoms with Gasteiger partial charge in [-0.1, -0.05) is 26.2 Å². The molecule has 0 aromatic rings. The highest BCUT2D eigenvalue weighted by Crippen LogP contribution is 2.05. The third-order valence-corrected chi connectivity index (χ3v) is 3.52. The number of nitrogens with two attached hydrogens (primary N) is 1. The Bertz CT molecular complexity index is 327. The molecule has 0 aromatic heterocycles. The van der Waals surface area contributed by atoms with Crippen LogP contribution < -0.4 is 21.7 Å². The molecule has 5 N–H and O–H groups in total. The Labute approximate surface area is 130 Å². The summed E-state index contributed by atoms with van der Waals surface area (Å²) in [7, 11) is 0. The van der Waals surface area contributed by atoms with Crippen molar-refractivity contribution in [2.24, 2.45) is 5.73 Å². The highest BCUT2D eigenvalue weighted by molar-refractivity contribution is 7.99. The molecule has 3 amide bonds. The maximum Gasteiger partial charge on any atom is 0.240 e. The van der Waals surface area contributed by atoms with Crippen LogP contribution in [-0.2, 0) is 14.4 Å². The lowest BCUT2D eigenvalue weighted by Gasteiger charge is -2.07. The van der Waals surface area contributed by atoms with Crippen LogP contribution in [0.5, 0.6) is 0 Å². The van der Waals surface area contributed by atoms with Crippen LogP contribution in [0.1, 0.15) is 32.6 Å². The summed E-state index contributed by atoms with van der Waals surface area (Å²) in [6, 6.07) is 0. The molecule has 8 heteroatoms. The second-order valence-electron chi connectivity index (χ2n) is 4.47. The van der Waals surface area contributed by atoms with Crippen molar-refractivity contribution >= 4 is 29.5 Å². The minimum atomic E-state index is -0.417. The lowest BCUT2D eigenvalue weighted by atomic mass is 10.2. The monoisotopic (exact) mass is 318 g/mol. The molecule has 0 rings (SSSR count). The fourth-order valence-electron chi connectivity index (χ4n) is 1.39. The molecule has 0 atom stereocenters. The van der Waals surface area contributed by atoms with E-state index in [2.05, 4.69) is 22.9 Å². The molecule has 0 spiro atoms. The number of rotatable bonds is 12. The van der Waals surface area contributed by atoms with Gasteiger partial charge in [0.05, 0.1) is 25.5 Å². The van der Waals surface area contributed by atoms with E-state index < -0.39 is 11.8 Å². The first-order valence-electron chi connectivity index (χ1n) is 7.18. The summed E-state index contributed by atoms with van der Waals surface area (Å²) in [6.07, 6.45) is 4.85. The van der Waals surface area contributed by atoms with E-state index in [-0.39, 0.29) is 25.5 Å². The number of thioether (sulfide) groups is 1. The Morgan fingerprint density at radius 3 is 2.14 bits per heavy atom. The molecule has 0 saturated heterocycles. The third-order valence-electron chi connectivity index (χ3n) is 2.59. The first-order valence-corrected chi connectivity index (χ1v) is 8.33. The molecule has 0 bridgehead atoms. The van der Waals surface area contributed by atoms with E-state index in [0.717, 1.165) is 12.2 Å². The van der Waals surface area contributed by atoms with Crippen LogP contribution in [0.25, 0.3) is 0 Å². The van der Waals surface area contributed by atoms with Crippen LogP contribution in [0.4, 0.5) is 0 Å². The number of carbonyl (C=O) groups excluding carboxylic acids is 3. The first kappa shape index (κ1) is 19.7. The lowest BCUT2D eigenvalue weighted by Crippen LogP contribution is -2.43. The van der Waals surface area contributed by atoms with Gasteiger partial charge in [-0.2, -0.15) is 0 Å². The Balaban J connectivity index is 3.45. The van der Waals surface area contributed by atoms with E-state index >= 15 is 0 Å². The topological polar surface area (TPSA) is 113 Å². The van der Waals surface area contributed by atoms with Gasteiger partial charge < -0.3 is 21.7 Å². The van der Waals surface area contributed by atoms with Crippen LogP contribution in [0.15, 0.2) is 0 Å². The minimum absolute atomic E-state index is 0.0896. The van der Waals surface area contributed by atoms with Crippen LogP contribution in [0, 0.1) is 0 Å². The van der Waals surface area contributed by atoms with E-state index in [9.17, 15) is 14.4 Å². The molecule has 0 radical (unpaired) electrons. The van der Waals surface area contributed by atoms with Gasteiger partial charge in [0, 0.05) is 0 Å². The Hall–Kier alpha value is -1.28. The van der Waals surface area contributed by atoms with Crippen molar-refractivity contribution in [1.82, 2.24) is 16.0 Å². The SMILES string of the molecule is CCCCCCSCNC(=O)CNC(=O)CNC(=O)CN. The van der Waals surface area contributed by atoms with Crippen molar-refractivity contribution in [3.8, 4) is 0 Å². The molecule has 0 aromatic carbocycles. The standard InChI is InChI=1S/C13H26N4O3S/c1-2-3-4-5-6-21-10-17-13(20)9-16-12(19)8-15-11(18)7-14/h2-10,14H2,1H3,(H,15,18)(H,16,19)(H,17,20). The van der Waals surface area contributed by atoms with Crippen molar-refractivity contribution in [3.05, 3.63) is 0 Å². The van der Waals surface area contributed by atoms with Crippen molar-refractivity contribution in [2.75, 3.05) is 31.3 Å². The molecule has 0 heterocycles. The predicted molar refractivity (Wildman–Crippen MR) is 84.7 cm³/mol. The van der Waals surface area contributed by atoms with Crippen LogP contribution in [0.3, 0.4) is 0 Å². The molecule has 0 saturated carbocycles. The van der Waals surface area contributed by atoms with E-state index in [1.54, 1.807) is 11.8 Å². The number of hydrogen-bond donors (Lipinski definition) is 4. The van der Waals surface area contributed by atoms with Crippen molar-refractivity contribution in [1.29, 1.82) is 0 Å². The second-order valence-corrected chi connectivity index (χ2v) is 5.58. The van der Waals surface area contributed by atoms with Gasteiger partial charge in [-0.3, -0.25) is 14.4 Å². The summed E-state index contributed by atoms with van der Waals surface area (Å²) in [6.45, 7) is 1.75. The summed E-state index contributed by atoms with van der Waals surface area (Å²) >= 11 is 1.67. The molecule has 122 valence electrons. The van der Waals surface area contributed by atoms with Gasteiger partial charge in [-0.25, -0.2) is 0 Å². The number of carbonyl (C=O) groups is 3. The summed E-state index contributed by atoms with van der Waals surface area (Å²) in [5.41, 5.74) is 5.08. The zero-order valence-electron chi connectivity index (χ0n) is 12.6. The van der Waals surface area contributed by atoms with Gasteiger partial charge in [-0.15, -0.1) is 11.8 Å². The quantitative estimate of drug-likeness (QED) is 0.288. The lowest BCUT2D eigenvalue weighted by molar-refractivity contribution is -0.127. The normalized spacial score (nSPS) is 10.0. The van der Waals surface area contributed by atoms with Crippen LogP contribution >= 0.6 is 11.8 Å². The first-order chi connectivity index (χ1) is 10.1. The molecule has 7 nitrogen and oxygen atoms in total. The molecule has 0 fully saturated rings. The highest BCUT2D eigenvalue weighted by atomic mass is 32.2. The summed E-state index contributed by atoms with van der Waals surface area (Å²) < 4.78 is 0. The predicted octanol–water partition coefficient (Wildman–Crippen LogP) is -0.435. The summed E-state index contributed by atoms with van der Waals surface area (Å²) in [5.74, 6) is 0.505. The summed E-state index contributed by atoms with van der Waals surface area (Å²) in [5, 5.41) is 7.44. The Morgan fingerprint density at radius 2 is 1.52 bits per heavy atom. The van der Waals surface area contributed by atoms with E-state index in [1.165, 1.54) is 19.3 Å². The summed E-state index contributed by atoms with van der Waals surface area (Å²) in [4.78, 5) is 33.5. The van der Waals surface area contributed by atoms with Crippen LogP contribution in [-0.4, -0.2) is 49.0 Å². The number of hydrogen-bond acceptors (Lipinski definition) is 5. The molecule has 0 unspecified atom stereocenters. The third kappa shape index (κ3) is 13.5. The average molecular weight is 318 g/mol. The molecule has 0 aliphatic rings.